The van der Waals surface area contributed by atoms with E-state index >= 15 is 0 Å². The second-order valence-electron chi connectivity index (χ2n) is 9.12. The molecule has 2 bridgehead atoms. The number of nitrogens with two attached hydrogens (primary N) is 1. The highest BCUT2D eigenvalue weighted by atomic mass is 32.2. The quantitative estimate of drug-likeness (QED) is 0.630. The van der Waals surface area contributed by atoms with Gasteiger partial charge in [0.1, 0.15) is 22.2 Å². The molecule has 3 heterocycles. The number of rotatable bonds is 7. The average molecular weight is 475 g/mol. The molecular weight excluding hydrogens is 444 g/mol. The number of hydrogen-bond acceptors (Lipinski definition) is 7. The first-order valence-electron chi connectivity index (χ1n) is 11.0. The third-order valence-corrected chi connectivity index (χ3v) is 7.26. The van der Waals surface area contributed by atoms with Crippen molar-refractivity contribution >= 4 is 21.7 Å². The monoisotopic (exact) mass is 474 g/mol. The van der Waals surface area contributed by atoms with Gasteiger partial charge in [-0.1, -0.05) is 0 Å². The summed E-state index contributed by atoms with van der Waals surface area (Å²) in [6.45, 7) is 3.51. The molecule has 3 atom stereocenters. The Labute approximate surface area is 194 Å². The molecule has 0 spiro atoms. The van der Waals surface area contributed by atoms with Gasteiger partial charge in [-0.05, 0) is 75.9 Å². The Morgan fingerprint density at radius 1 is 1.09 bits per heavy atom. The van der Waals surface area contributed by atoms with Gasteiger partial charge in [0, 0.05) is 24.3 Å². The topological polar surface area (TPSA) is 124 Å². The zero-order valence-electron chi connectivity index (χ0n) is 19.0. The molecule has 1 unspecified atom stereocenters. The third-order valence-electron chi connectivity index (χ3n) is 6.36. The number of aromatic nitrogens is 1. The first-order valence-corrected chi connectivity index (χ1v) is 12.5. The van der Waals surface area contributed by atoms with Gasteiger partial charge in [-0.3, -0.25) is 4.79 Å². The number of amides is 1. The lowest BCUT2D eigenvalue weighted by Crippen LogP contribution is -2.55. The molecule has 1 aromatic carbocycles. The van der Waals surface area contributed by atoms with Gasteiger partial charge in [0.15, 0.2) is 5.60 Å². The molecule has 2 aliphatic heterocycles. The molecule has 1 amide bonds. The predicted molar refractivity (Wildman–Crippen MR) is 124 cm³/mol. The standard InChI is InChI=1S/C23H30N4O5S/c1-23(2,32-19-8-6-18(31-3)7-9-19)22(28)26-15-12-16-4-5-17(13-15)27(16)21-11-10-20(14-25-21)33(24,29)30/h6-11,14-17H,4-5,12-13H2,1-3H3,(H,26,28)(H2,24,29,30)/t15?,16-,17+. The summed E-state index contributed by atoms with van der Waals surface area (Å²) in [6, 6.07) is 10.8. The first-order chi connectivity index (χ1) is 15.6. The second kappa shape index (κ2) is 8.83. The molecule has 0 saturated carbocycles. The highest BCUT2D eigenvalue weighted by Crippen LogP contribution is 2.39. The molecule has 178 valence electrons. The minimum Gasteiger partial charge on any atom is -0.497 e. The number of anilines is 1. The summed E-state index contributed by atoms with van der Waals surface area (Å²) in [6.07, 6.45) is 4.89. The van der Waals surface area contributed by atoms with Crippen LogP contribution in [-0.2, 0) is 14.8 Å². The SMILES string of the molecule is COc1ccc(OC(C)(C)C(=O)NC2C[C@H]3CC[C@@H](C2)N3c2ccc(S(N)(=O)=O)cn2)cc1. The third kappa shape index (κ3) is 5.06. The number of piperidine rings is 1. The molecule has 2 aromatic rings. The molecule has 2 saturated heterocycles. The maximum absolute atomic E-state index is 13.0. The van der Waals surface area contributed by atoms with E-state index in [1.165, 1.54) is 12.3 Å². The van der Waals surface area contributed by atoms with Crippen molar-refractivity contribution in [2.45, 2.75) is 68.2 Å². The van der Waals surface area contributed by atoms with E-state index in [4.69, 9.17) is 14.6 Å². The number of benzene rings is 1. The lowest BCUT2D eigenvalue weighted by Gasteiger charge is -2.40. The zero-order valence-corrected chi connectivity index (χ0v) is 19.8. The van der Waals surface area contributed by atoms with Crippen molar-refractivity contribution in [1.82, 2.24) is 10.3 Å². The first kappa shape index (κ1) is 23.3. The van der Waals surface area contributed by atoms with Crippen LogP contribution in [0.4, 0.5) is 5.82 Å². The van der Waals surface area contributed by atoms with E-state index in [-0.39, 0.29) is 28.9 Å². The summed E-state index contributed by atoms with van der Waals surface area (Å²) in [5.41, 5.74) is -1.03. The fourth-order valence-corrected chi connectivity index (χ4v) is 5.16. The van der Waals surface area contributed by atoms with Crippen LogP contribution in [0, 0.1) is 0 Å². The van der Waals surface area contributed by atoms with Crippen molar-refractivity contribution in [2.24, 2.45) is 5.14 Å². The van der Waals surface area contributed by atoms with Crippen LogP contribution < -0.4 is 24.8 Å². The van der Waals surface area contributed by atoms with Crippen LogP contribution in [0.1, 0.15) is 39.5 Å². The number of carbonyl (C=O) groups excluding carboxylic acids is 1. The number of pyridine rings is 1. The smallest absolute Gasteiger partial charge is 0.263 e. The Morgan fingerprint density at radius 3 is 2.21 bits per heavy atom. The molecule has 0 radical (unpaired) electrons. The molecule has 1 aromatic heterocycles. The second-order valence-corrected chi connectivity index (χ2v) is 10.7. The van der Waals surface area contributed by atoms with Gasteiger partial charge in [-0.25, -0.2) is 18.5 Å². The summed E-state index contributed by atoms with van der Waals surface area (Å²) >= 11 is 0. The number of nitrogens with zero attached hydrogens (tertiary/aromatic N) is 2. The van der Waals surface area contributed by atoms with Gasteiger partial charge in [0.05, 0.1) is 7.11 Å². The van der Waals surface area contributed by atoms with E-state index in [0.29, 0.717) is 5.75 Å². The number of nitrogens with one attached hydrogen (secondary N) is 1. The van der Waals surface area contributed by atoms with E-state index in [1.807, 2.05) is 0 Å². The Bertz CT molecular complexity index is 1090. The Balaban J connectivity index is 1.38. The van der Waals surface area contributed by atoms with E-state index in [9.17, 15) is 13.2 Å². The van der Waals surface area contributed by atoms with E-state index in [2.05, 4.69) is 15.2 Å². The number of ether oxygens (including phenoxy) is 2. The molecule has 10 heteroatoms. The summed E-state index contributed by atoms with van der Waals surface area (Å²) in [5.74, 6) is 1.90. The maximum Gasteiger partial charge on any atom is 0.263 e. The number of carbonyl (C=O) groups is 1. The largest absolute Gasteiger partial charge is 0.497 e. The fourth-order valence-electron chi connectivity index (χ4n) is 4.71. The summed E-state index contributed by atoms with van der Waals surface area (Å²) < 4.78 is 34.1. The van der Waals surface area contributed by atoms with Gasteiger partial charge in [-0.2, -0.15) is 0 Å². The number of methoxy groups -OCH3 is 1. The lowest BCUT2D eigenvalue weighted by molar-refractivity contribution is -0.135. The van der Waals surface area contributed by atoms with Crippen molar-refractivity contribution in [3.05, 3.63) is 42.6 Å². The maximum atomic E-state index is 13.0. The fraction of sp³-hybridized carbons (Fsp3) is 0.478. The van der Waals surface area contributed by atoms with E-state index in [1.54, 1.807) is 51.3 Å². The van der Waals surface area contributed by atoms with Crippen LogP contribution in [0.25, 0.3) is 0 Å². The van der Waals surface area contributed by atoms with Gasteiger partial charge in [0.25, 0.3) is 5.91 Å². The van der Waals surface area contributed by atoms with Crippen molar-refractivity contribution < 1.29 is 22.7 Å². The van der Waals surface area contributed by atoms with Crippen molar-refractivity contribution in [1.29, 1.82) is 0 Å². The highest BCUT2D eigenvalue weighted by molar-refractivity contribution is 7.89. The molecule has 4 rings (SSSR count). The molecular formula is C23H30N4O5S. The molecule has 3 N–H and O–H groups in total. The lowest BCUT2D eigenvalue weighted by atomic mass is 9.96. The van der Waals surface area contributed by atoms with Crippen molar-refractivity contribution in [2.75, 3.05) is 12.0 Å². The summed E-state index contributed by atoms with van der Waals surface area (Å²) in [4.78, 5) is 19.6. The van der Waals surface area contributed by atoms with Gasteiger partial charge >= 0.3 is 0 Å². The van der Waals surface area contributed by atoms with E-state index < -0.39 is 15.6 Å². The van der Waals surface area contributed by atoms with E-state index in [0.717, 1.165) is 37.3 Å². The summed E-state index contributed by atoms with van der Waals surface area (Å²) in [5, 5.41) is 8.35. The van der Waals surface area contributed by atoms with Gasteiger partial charge < -0.3 is 19.7 Å². The van der Waals surface area contributed by atoms with Crippen LogP contribution >= 0.6 is 0 Å². The highest BCUT2D eigenvalue weighted by Gasteiger charge is 2.43. The van der Waals surface area contributed by atoms with Crippen molar-refractivity contribution in [3.8, 4) is 11.5 Å². The van der Waals surface area contributed by atoms with Crippen LogP contribution in [0.5, 0.6) is 11.5 Å². The van der Waals surface area contributed by atoms with Crippen LogP contribution in [-0.4, -0.2) is 50.1 Å². The number of fused-ring (bicyclic) bond motifs is 2. The Morgan fingerprint density at radius 2 is 1.70 bits per heavy atom. The number of primary sulfonamides is 1. The van der Waals surface area contributed by atoms with Gasteiger partial charge in [0.2, 0.25) is 10.0 Å². The molecule has 2 aliphatic rings. The summed E-state index contributed by atoms with van der Waals surface area (Å²) in [7, 11) is -2.17. The average Bonchev–Trinajstić information content (AvgIpc) is 3.03. The van der Waals surface area contributed by atoms with Crippen LogP contribution in [0.2, 0.25) is 0 Å². The number of hydrogen-bond donors (Lipinski definition) is 2. The molecule has 0 aliphatic carbocycles. The Hall–Kier alpha value is -2.85. The minimum atomic E-state index is -3.77. The molecule has 33 heavy (non-hydrogen) atoms. The Kier molecular flexibility index (Phi) is 6.24. The predicted octanol–water partition coefficient (Wildman–Crippen LogP) is 2.21. The normalized spacial score (nSPS) is 22.7. The zero-order chi connectivity index (χ0) is 23.8. The van der Waals surface area contributed by atoms with Gasteiger partial charge in [-0.15, -0.1) is 0 Å². The van der Waals surface area contributed by atoms with Crippen molar-refractivity contribution in [3.63, 3.8) is 0 Å². The minimum absolute atomic E-state index is 0.000150. The molecule has 2 fully saturated rings. The number of sulfonamides is 1. The van der Waals surface area contributed by atoms with Crippen LogP contribution in [0.3, 0.4) is 0 Å². The van der Waals surface area contributed by atoms with Crippen LogP contribution in [0.15, 0.2) is 47.5 Å². The molecule has 9 nitrogen and oxygen atoms in total.